The fraction of sp³-hybridized carbons (Fsp3) is 0.325. The van der Waals surface area contributed by atoms with Crippen LogP contribution in [0.4, 0.5) is 4.39 Å². The van der Waals surface area contributed by atoms with E-state index in [1.54, 1.807) is 0 Å². The predicted octanol–water partition coefficient (Wildman–Crippen LogP) is 9.14. The monoisotopic (exact) mass is 698 g/mol. The number of carbonyl (C=O) groups is 1. The van der Waals surface area contributed by atoms with E-state index in [9.17, 15) is 18.9 Å². The molecule has 0 aliphatic heterocycles. The molecule has 0 spiro atoms. The largest absolute Gasteiger partial charge is 0.525 e. The van der Waals surface area contributed by atoms with Crippen LogP contribution in [0.25, 0.3) is 22.0 Å². The Hall–Kier alpha value is -3.94. The number of fused-ring (bicyclic) bond motifs is 1. The maximum absolute atomic E-state index is 14.0. The van der Waals surface area contributed by atoms with Crippen LogP contribution < -0.4 is 10.4 Å². The molecule has 9 heteroatoms. The van der Waals surface area contributed by atoms with Gasteiger partial charge in [0.15, 0.2) is 0 Å². The van der Waals surface area contributed by atoms with Gasteiger partial charge >= 0.3 is 19.7 Å². The molecule has 3 atom stereocenters. The smallest absolute Gasteiger partial charge is 0.478 e. The van der Waals surface area contributed by atoms with Gasteiger partial charge in [0.05, 0.1) is 7.11 Å². The van der Waals surface area contributed by atoms with E-state index in [0.717, 1.165) is 38.1 Å². The lowest BCUT2D eigenvalue weighted by Gasteiger charge is -2.45. The number of hydrogen-bond donors (Lipinski definition) is 1. The summed E-state index contributed by atoms with van der Waals surface area (Å²) in [4.78, 5) is 12.9. The first-order chi connectivity index (χ1) is 23.4. The van der Waals surface area contributed by atoms with Crippen molar-refractivity contribution in [2.45, 2.75) is 76.7 Å². The van der Waals surface area contributed by atoms with E-state index in [0.29, 0.717) is 19.3 Å². The molecule has 5 aromatic rings. The third kappa shape index (κ3) is 7.34. The van der Waals surface area contributed by atoms with Gasteiger partial charge in [-0.05, 0) is 76.8 Å². The van der Waals surface area contributed by atoms with Crippen molar-refractivity contribution in [3.63, 3.8) is 0 Å². The lowest BCUT2D eigenvalue weighted by Crippen LogP contribution is -2.68. The molecule has 6 nitrogen and oxygen atoms in total. The van der Waals surface area contributed by atoms with E-state index in [2.05, 4.69) is 75.6 Å². The van der Waals surface area contributed by atoms with Gasteiger partial charge in [0.1, 0.15) is 11.9 Å². The maximum atomic E-state index is 14.0. The Morgan fingerprint density at radius 1 is 0.878 bits per heavy atom. The minimum atomic E-state index is -3.22. The summed E-state index contributed by atoms with van der Waals surface area (Å²) in [6.07, 6.45) is 0.556. The topological polar surface area (TPSA) is 77.8 Å². The summed E-state index contributed by atoms with van der Waals surface area (Å²) in [6, 6.07) is 35.0. The Balaban J connectivity index is 1.62. The van der Waals surface area contributed by atoms with E-state index in [1.165, 1.54) is 19.2 Å². The van der Waals surface area contributed by atoms with E-state index in [-0.39, 0.29) is 11.9 Å². The summed E-state index contributed by atoms with van der Waals surface area (Å²) >= 11 is 0. The third-order valence-corrected chi connectivity index (χ3v) is 15.8. The van der Waals surface area contributed by atoms with Gasteiger partial charge in [-0.3, -0.25) is 0 Å². The number of halogens is 1. The molecule has 0 aliphatic carbocycles. The molecule has 49 heavy (non-hydrogen) atoms. The zero-order chi connectivity index (χ0) is 35.3. The van der Waals surface area contributed by atoms with Crippen molar-refractivity contribution < 1.29 is 27.8 Å². The molecule has 5 rings (SSSR count). The number of aromatic nitrogens is 1. The Kier molecular flexibility index (Phi) is 11.3. The van der Waals surface area contributed by atoms with Crippen molar-refractivity contribution >= 4 is 43.6 Å². The Morgan fingerprint density at radius 3 is 1.94 bits per heavy atom. The first kappa shape index (κ1) is 36.3. The Morgan fingerprint density at radius 2 is 1.43 bits per heavy atom. The maximum Gasteiger partial charge on any atom is 0.525 e. The van der Waals surface area contributed by atoms with Crippen LogP contribution in [0.2, 0.25) is 5.04 Å². The molecular weight excluding hydrogens is 652 g/mol. The molecule has 1 N–H and O–H groups in total. The average molecular weight is 699 g/mol. The highest BCUT2D eigenvalue weighted by molar-refractivity contribution is 7.41. The number of rotatable bonds is 14. The second-order valence-electron chi connectivity index (χ2n) is 13.8. The average Bonchev–Trinajstić information content (AvgIpc) is 3.41. The zero-order valence-electron chi connectivity index (χ0n) is 29.1. The number of carboxylic acid groups (broad SMARTS) is 1. The van der Waals surface area contributed by atoms with Gasteiger partial charge in [-0.1, -0.05) is 112 Å². The lowest BCUT2D eigenvalue weighted by atomic mass is 9.98. The molecule has 0 radical (unpaired) electrons. The van der Waals surface area contributed by atoms with Crippen molar-refractivity contribution in [2.75, 3.05) is 7.11 Å². The fourth-order valence-corrected chi connectivity index (χ4v) is 13.0. The predicted molar refractivity (Wildman–Crippen MR) is 199 cm³/mol. The van der Waals surface area contributed by atoms with Gasteiger partial charge in [0, 0.05) is 28.2 Å². The highest BCUT2D eigenvalue weighted by Gasteiger charge is 2.56. The van der Waals surface area contributed by atoms with Gasteiger partial charge in [0.25, 0.3) is 8.32 Å². The Labute approximate surface area is 290 Å². The number of hydrogen-bond acceptors (Lipinski definition) is 4. The second-order valence-corrected chi connectivity index (χ2v) is 19.5. The highest BCUT2D eigenvalue weighted by Crippen LogP contribution is 2.43. The van der Waals surface area contributed by atoms with Gasteiger partial charge in [-0.15, -0.1) is 4.52 Å². The molecule has 0 bridgehead atoms. The molecular formula is C40H46FNO5PSi+. The van der Waals surface area contributed by atoms with E-state index >= 15 is 0 Å². The van der Waals surface area contributed by atoms with Gasteiger partial charge < -0.3 is 14.1 Å². The number of benzene rings is 4. The minimum Gasteiger partial charge on any atom is -0.478 e. The summed E-state index contributed by atoms with van der Waals surface area (Å²) < 4.78 is 42.4. The molecule has 0 aliphatic rings. The van der Waals surface area contributed by atoms with Crippen molar-refractivity contribution in [3.05, 3.63) is 121 Å². The quantitative estimate of drug-likeness (QED) is 0.0925. The molecule has 0 saturated heterocycles. The second kappa shape index (κ2) is 15.3. The van der Waals surface area contributed by atoms with Gasteiger partial charge in [0.2, 0.25) is 0 Å². The van der Waals surface area contributed by atoms with Gasteiger partial charge in [-0.2, -0.15) is 0 Å². The third-order valence-electron chi connectivity index (χ3n) is 9.32. The number of aliphatic carboxylic acids is 1. The molecule has 0 amide bonds. The molecule has 2 unspecified atom stereocenters. The highest BCUT2D eigenvalue weighted by atomic mass is 31.1. The van der Waals surface area contributed by atoms with Crippen LogP contribution in [0, 0.1) is 5.82 Å². The summed E-state index contributed by atoms with van der Waals surface area (Å²) in [5, 5.41) is 13.2. The first-order valence-corrected chi connectivity index (χ1v) is 20.0. The minimum absolute atomic E-state index is 0.132. The number of nitrogens with zero attached hydrogens (tertiary/aromatic N) is 1. The molecule has 4 aromatic carbocycles. The van der Waals surface area contributed by atoms with Crippen LogP contribution in [0.1, 0.15) is 59.2 Å². The fourth-order valence-electron chi connectivity index (χ4n) is 7.26. The molecule has 1 heterocycles. The zero-order valence-corrected chi connectivity index (χ0v) is 31.0. The van der Waals surface area contributed by atoms with Crippen LogP contribution in [-0.4, -0.2) is 42.8 Å². The van der Waals surface area contributed by atoms with Crippen molar-refractivity contribution in [2.24, 2.45) is 0 Å². The SMILES string of the molecule is CO[P+](=O)[C@H](C(=O)O)C(CCCc1c(-c2ccc(F)cc2)c2ccccc2n1C(C)C)O[Si](c1ccccc1)(c1ccccc1)C(C)(C)C. The van der Waals surface area contributed by atoms with Crippen LogP contribution in [0.15, 0.2) is 109 Å². The van der Waals surface area contributed by atoms with Crippen LogP contribution in [-0.2, 0) is 24.7 Å². The van der Waals surface area contributed by atoms with Crippen molar-refractivity contribution in [3.8, 4) is 11.1 Å². The van der Waals surface area contributed by atoms with Crippen LogP contribution in [0.3, 0.4) is 0 Å². The first-order valence-electron chi connectivity index (χ1n) is 16.8. The van der Waals surface area contributed by atoms with E-state index in [1.807, 2.05) is 60.7 Å². The van der Waals surface area contributed by atoms with E-state index < -0.39 is 39.1 Å². The normalized spacial score (nSPS) is 13.8. The summed E-state index contributed by atoms with van der Waals surface area (Å²) in [7, 11) is -4.53. The van der Waals surface area contributed by atoms with Crippen LogP contribution in [0.5, 0.6) is 0 Å². The lowest BCUT2D eigenvalue weighted by molar-refractivity contribution is -0.138. The number of carboxylic acids is 1. The van der Waals surface area contributed by atoms with Gasteiger partial charge in [-0.25, -0.2) is 9.18 Å². The van der Waals surface area contributed by atoms with Crippen LogP contribution >= 0.6 is 8.03 Å². The standard InChI is InChI=1S/C40H45FNO5PSi/c1-28(2)42-34-21-14-13-20-33(34)37(29-24-26-30(41)27-25-29)35(42)22-15-23-36(38(39(43)44)48(45)46-6)47-49(40(3,4)5,31-16-9-7-10-17-31)32-18-11-8-12-19-32/h7-14,16-21,24-28,36,38H,15,22-23H2,1-6H3/p+1/t36?,38-/m0/s1. The summed E-state index contributed by atoms with van der Waals surface area (Å²) in [5.41, 5.74) is 2.73. The molecule has 0 saturated carbocycles. The van der Waals surface area contributed by atoms with E-state index in [4.69, 9.17) is 8.95 Å². The Bertz CT molecular complexity index is 1850. The summed E-state index contributed by atoms with van der Waals surface area (Å²) in [6.45, 7) is 10.7. The molecule has 0 fully saturated rings. The number of para-hydroxylation sites is 1. The van der Waals surface area contributed by atoms with Crippen molar-refractivity contribution in [1.82, 2.24) is 4.57 Å². The van der Waals surface area contributed by atoms with Crippen molar-refractivity contribution in [1.29, 1.82) is 0 Å². The molecule has 256 valence electrons. The summed E-state index contributed by atoms with van der Waals surface area (Å²) in [5.74, 6) is -1.51. The molecule has 1 aromatic heterocycles.